The zero-order valence-electron chi connectivity index (χ0n) is 17.6. The third-order valence-electron chi connectivity index (χ3n) is 5.20. The molecule has 4 rings (SSSR count). The van der Waals surface area contributed by atoms with Crippen molar-refractivity contribution in [1.82, 2.24) is 14.9 Å². The minimum Gasteiger partial charge on any atom is -0.379 e. The van der Waals surface area contributed by atoms with Gasteiger partial charge in [-0.2, -0.15) is 0 Å². The number of hydrogen-bond acceptors (Lipinski definition) is 6. The molecule has 1 aromatic heterocycles. The van der Waals surface area contributed by atoms with Gasteiger partial charge in [0.1, 0.15) is 10.9 Å². The normalized spacial score (nSPS) is 15.7. The molecule has 31 heavy (non-hydrogen) atoms. The Hall–Kier alpha value is -2.19. The number of aromatic nitrogens is 2. The number of halogens is 1. The first-order valence-corrected chi connectivity index (χ1v) is 11.5. The number of aryl methyl sites for hydroxylation is 1. The van der Waals surface area contributed by atoms with Crippen molar-refractivity contribution in [3.63, 3.8) is 0 Å². The topological polar surface area (TPSA) is 67.4 Å². The molecule has 2 aromatic carbocycles. The fourth-order valence-corrected chi connectivity index (χ4v) is 4.53. The van der Waals surface area contributed by atoms with Crippen molar-refractivity contribution in [1.29, 1.82) is 0 Å². The first-order chi connectivity index (χ1) is 15.0. The predicted octanol–water partition coefficient (Wildman–Crippen LogP) is 4.54. The molecule has 0 radical (unpaired) electrons. The van der Waals surface area contributed by atoms with Gasteiger partial charge in [0.15, 0.2) is 0 Å². The molecule has 1 unspecified atom stereocenters. The van der Waals surface area contributed by atoms with Gasteiger partial charge < -0.3 is 10.1 Å². The summed E-state index contributed by atoms with van der Waals surface area (Å²) < 4.78 is 5.44. The molecule has 1 saturated heterocycles. The molecule has 2 heterocycles. The molecule has 1 N–H and O–H groups in total. The molecule has 1 aliphatic rings. The zero-order valence-corrected chi connectivity index (χ0v) is 19.2. The van der Waals surface area contributed by atoms with Gasteiger partial charge >= 0.3 is 0 Å². The maximum Gasteiger partial charge on any atom is 0.237 e. The van der Waals surface area contributed by atoms with Crippen LogP contribution >= 0.6 is 23.4 Å². The number of rotatable bonds is 6. The maximum absolute atomic E-state index is 12.9. The van der Waals surface area contributed by atoms with E-state index in [1.54, 1.807) is 6.07 Å². The van der Waals surface area contributed by atoms with E-state index in [1.807, 2.05) is 50.2 Å². The molecular weight excluding hydrogens is 432 g/mol. The van der Waals surface area contributed by atoms with Crippen molar-refractivity contribution in [2.75, 3.05) is 31.6 Å². The second-order valence-corrected chi connectivity index (χ2v) is 9.33. The van der Waals surface area contributed by atoms with Gasteiger partial charge in [0.25, 0.3) is 0 Å². The van der Waals surface area contributed by atoms with Crippen molar-refractivity contribution < 1.29 is 9.53 Å². The number of thioether (sulfide) groups is 1. The van der Waals surface area contributed by atoms with Crippen molar-refractivity contribution in [3.8, 4) is 0 Å². The number of benzene rings is 2. The molecule has 1 fully saturated rings. The Bertz CT molecular complexity index is 1090. The van der Waals surface area contributed by atoms with E-state index in [2.05, 4.69) is 10.2 Å². The number of amides is 1. The van der Waals surface area contributed by atoms with Crippen molar-refractivity contribution >= 4 is 45.9 Å². The predicted molar refractivity (Wildman–Crippen MR) is 126 cm³/mol. The second kappa shape index (κ2) is 9.96. The summed E-state index contributed by atoms with van der Waals surface area (Å²) in [5.41, 5.74) is 2.59. The molecule has 162 valence electrons. The van der Waals surface area contributed by atoms with Crippen molar-refractivity contribution in [2.45, 2.75) is 30.7 Å². The van der Waals surface area contributed by atoms with Crippen LogP contribution in [-0.2, 0) is 16.1 Å². The quantitative estimate of drug-likeness (QED) is 0.433. The number of fused-ring (bicyclic) bond motifs is 1. The van der Waals surface area contributed by atoms with Gasteiger partial charge in [-0.05, 0) is 37.6 Å². The Morgan fingerprint density at radius 1 is 1.23 bits per heavy atom. The Kier molecular flexibility index (Phi) is 7.07. The van der Waals surface area contributed by atoms with Gasteiger partial charge in [0, 0.05) is 29.2 Å². The summed E-state index contributed by atoms with van der Waals surface area (Å²) in [5, 5.41) is 5.02. The molecule has 8 heteroatoms. The first-order valence-electron chi connectivity index (χ1n) is 10.3. The van der Waals surface area contributed by atoms with Gasteiger partial charge in [-0.3, -0.25) is 9.69 Å². The first kappa shape index (κ1) is 22.0. The minimum atomic E-state index is -0.340. The van der Waals surface area contributed by atoms with Crippen LogP contribution in [0.3, 0.4) is 0 Å². The summed E-state index contributed by atoms with van der Waals surface area (Å²) in [7, 11) is 0. The molecule has 0 aliphatic carbocycles. The average molecular weight is 457 g/mol. The van der Waals surface area contributed by atoms with Crippen molar-refractivity contribution in [2.24, 2.45) is 0 Å². The highest BCUT2D eigenvalue weighted by atomic mass is 35.5. The van der Waals surface area contributed by atoms with Crippen LogP contribution in [0.1, 0.15) is 18.3 Å². The smallest absolute Gasteiger partial charge is 0.237 e. The monoisotopic (exact) mass is 456 g/mol. The zero-order chi connectivity index (χ0) is 21.8. The summed E-state index contributed by atoms with van der Waals surface area (Å²) in [6, 6.07) is 13.4. The van der Waals surface area contributed by atoms with Crippen LogP contribution in [0.4, 0.5) is 5.69 Å². The van der Waals surface area contributed by atoms with E-state index in [1.165, 1.54) is 11.8 Å². The molecule has 3 aromatic rings. The lowest BCUT2D eigenvalue weighted by Gasteiger charge is -2.26. The van der Waals surface area contributed by atoms with E-state index in [0.717, 1.165) is 59.3 Å². The Labute approximate surface area is 191 Å². The molecule has 1 amide bonds. The van der Waals surface area contributed by atoms with Crippen LogP contribution in [0, 0.1) is 6.92 Å². The largest absolute Gasteiger partial charge is 0.379 e. The lowest BCUT2D eigenvalue weighted by atomic mass is 10.2. The second-order valence-electron chi connectivity index (χ2n) is 7.56. The third-order valence-corrected chi connectivity index (χ3v) is 6.54. The van der Waals surface area contributed by atoms with Crippen LogP contribution < -0.4 is 5.32 Å². The number of nitrogens with zero attached hydrogens (tertiary/aromatic N) is 3. The number of anilines is 1. The highest BCUT2D eigenvalue weighted by Crippen LogP contribution is 2.30. The van der Waals surface area contributed by atoms with Crippen LogP contribution in [0.2, 0.25) is 5.02 Å². The van der Waals surface area contributed by atoms with Crippen molar-refractivity contribution in [3.05, 3.63) is 58.9 Å². The fraction of sp³-hybridized carbons (Fsp3) is 0.348. The number of para-hydroxylation sites is 1. The third kappa shape index (κ3) is 5.54. The molecular formula is C23H25ClN4O2S. The van der Waals surface area contributed by atoms with Gasteiger partial charge in [-0.25, -0.2) is 9.97 Å². The number of nitrogens with one attached hydrogen (secondary N) is 1. The van der Waals surface area contributed by atoms with Crippen LogP contribution in [0.25, 0.3) is 10.9 Å². The summed E-state index contributed by atoms with van der Waals surface area (Å²) in [4.78, 5) is 24.7. The van der Waals surface area contributed by atoms with E-state index >= 15 is 0 Å². The van der Waals surface area contributed by atoms with Gasteiger partial charge in [-0.1, -0.05) is 47.6 Å². The Morgan fingerprint density at radius 3 is 2.81 bits per heavy atom. The van der Waals surface area contributed by atoms with E-state index in [9.17, 15) is 4.79 Å². The van der Waals surface area contributed by atoms with Crippen LogP contribution in [0.15, 0.2) is 47.5 Å². The summed E-state index contributed by atoms with van der Waals surface area (Å²) in [5.74, 6) is 0.675. The van der Waals surface area contributed by atoms with E-state index in [-0.39, 0.29) is 11.2 Å². The average Bonchev–Trinajstić information content (AvgIpc) is 2.77. The number of ether oxygens (including phenoxy) is 1. The van der Waals surface area contributed by atoms with Crippen LogP contribution in [-0.4, -0.2) is 52.3 Å². The highest BCUT2D eigenvalue weighted by molar-refractivity contribution is 8.00. The maximum atomic E-state index is 12.9. The summed E-state index contributed by atoms with van der Waals surface area (Å²) in [6.45, 7) is 7.71. The Balaban J connectivity index is 1.54. The van der Waals surface area contributed by atoms with E-state index in [0.29, 0.717) is 11.6 Å². The number of hydrogen-bond donors (Lipinski definition) is 1. The molecule has 0 bridgehead atoms. The lowest BCUT2D eigenvalue weighted by molar-refractivity contribution is -0.115. The van der Waals surface area contributed by atoms with E-state index in [4.69, 9.17) is 26.3 Å². The fourth-order valence-electron chi connectivity index (χ4n) is 3.40. The standard InChI is InChI=1S/C23H25ClN4O2S/c1-15-7-8-17(24)13-20(15)26-22(29)16(2)31-23-18-5-3-4-6-19(18)25-21(27-23)14-28-9-11-30-12-10-28/h3-8,13,16H,9-12,14H2,1-2H3,(H,26,29). The Morgan fingerprint density at radius 2 is 2.00 bits per heavy atom. The molecule has 0 saturated carbocycles. The SMILES string of the molecule is Cc1ccc(Cl)cc1NC(=O)C(C)Sc1nc(CN2CCOCC2)nc2ccccc12. The summed E-state index contributed by atoms with van der Waals surface area (Å²) >= 11 is 7.53. The number of carbonyl (C=O) groups excluding carboxylic acids is 1. The summed E-state index contributed by atoms with van der Waals surface area (Å²) in [6.07, 6.45) is 0. The number of morpholine rings is 1. The minimum absolute atomic E-state index is 0.0900. The molecule has 0 spiro atoms. The van der Waals surface area contributed by atoms with Gasteiger partial charge in [-0.15, -0.1) is 0 Å². The lowest BCUT2D eigenvalue weighted by Crippen LogP contribution is -2.36. The van der Waals surface area contributed by atoms with E-state index < -0.39 is 0 Å². The van der Waals surface area contributed by atoms with Gasteiger partial charge in [0.2, 0.25) is 5.91 Å². The van der Waals surface area contributed by atoms with Gasteiger partial charge in [0.05, 0.1) is 30.5 Å². The van der Waals surface area contributed by atoms with Crippen LogP contribution in [0.5, 0.6) is 0 Å². The molecule has 6 nitrogen and oxygen atoms in total. The molecule has 1 atom stereocenters. The highest BCUT2D eigenvalue weighted by Gasteiger charge is 2.20. The molecule has 1 aliphatic heterocycles. The number of carbonyl (C=O) groups is 1.